The fourth-order valence-corrected chi connectivity index (χ4v) is 3.32. The maximum absolute atomic E-state index is 12.6. The maximum Gasteiger partial charge on any atom is 0.254 e. The largest absolute Gasteiger partial charge is 0.497 e. The van der Waals surface area contributed by atoms with E-state index in [1.165, 1.54) is 6.20 Å². The highest BCUT2D eigenvalue weighted by atomic mass is 35.5. The Hall–Kier alpha value is -3.32. The molecular formula is C20H17ClN4O3. The topological polar surface area (TPSA) is 82.2 Å². The van der Waals surface area contributed by atoms with Crippen LogP contribution in [0, 0.1) is 6.92 Å². The number of aromatic nitrogens is 3. The Balaban J connectivity index is 1.71. The minimum Gasteiger partial charge on any atom is -0.497 e. The summed E-state index contributed by atoms with van der Waals surface area (Å²) in [5.74, 6) is 1.03. The third-order valence-corrected chi connectivity index (χ3v) is 4.75. The number of pyridine rings is 1. The van der Waals surface area contributed by atoms with E-state index in [0.29, 0.717) is 33.3 Å². The second kappa shape index (κ2) is 7.36. The number of nitrogens with one attached hydrogen (secondary N) is 1. The predicted molar refractivity (Wildman–Crippen MR) is 105 cm³/mol. The van der Waals surface area contributed by atoms with Gasteiger partial charge in [0.2, 0.25) is 0 Å². The molecule has 3 heterocycles. The van der Waals surface area contributed by atoms with Crippen molar-refractivity contribution in [1.82, 2.24) is 20.1 Å². The van der Waals surface area contributed by atoms with Gasteiger partial charge in [-0.05, 0) is 31.2 Å². The Bertz CT molecular complexity index is 1150. The van der Waals surface area contributed by atoms with E-state index in [0.717, 1.165) is 5.69 Å². The number of furan rings is 1. The van der Waals surface area contributed by atoms with Gasteiger partial charge in [0.1, 0.15) is 11.5 Å². The van der Waals surface area contributed by atoms with Gasteiger partial charge >= 0.3 is 0 Å². The molecule has 0 atom stereocenters. The molecule has 1 amide bonds. The molecule has 4 aromatic rings. The van der Waals surface area contributed by atoms with Crippen LogP contribution in [-0.4, -0.2) is 27.8 Å². The SMILES string of the molecule is COc1cccc(-n2nc(C)c3c(Cl)c(C(=O)NCc4ccco4)cnc32)c1. The smallest absolute Gasteiger partial charge is 0.254 e. The fraction of sp³-hybridized carbons (Fsp3) is 0.150. The average Bonchev–Trinajstić information content (AvgIpc) is 3.34. The third kappa shape index (κ3) is 3.20. The Labute approximate surface area is 165 Å². The van der Waals surface area contributed by atoms with Crippen molar-refractivity contribution >= 4 is 28.5 Å². The number of fused-ring (bicyclic) bond motifs is 1. The number of carbonyl (C=O) groups excluding carboxylic acids is 1. The molecule has 7 nitrogen and oxygen atoms in total. The molecule has 8 heteroatoms. The summed E-state index contributed by atoms with van der Waals surface area (Å²) in [6.45, 7) is 2.10. The Morgan fingerprint density at radius 3 is 2.93 bits per heavy atom. The van der Waals surface area contributed by atoms with E-state index in [1.807, 2.05) is 31.2 Å². The highest BCUT2D eigenvalue weighted by molar-refractivity contribution is 6.38. The second-order valence-corrected chi connectivity index (χ2v) is 6.52. The van der Waals surface area contributed by atoms with Crippen molar-refractivity contribution in [2.24, 2.45) is 0 Å². The number of amides is 1. The Morgan fingerprint density at radius 1 is 1.32 bits per heavy atom. The molecule has 1 N–H and O–H groups in total. The van der Waals surface area contributed by atoms with E-state index < -0.39 is 0 Å². The summed E-state index contributed by atoms with van der Waals surface area (Å²) in [5.41, 5.74) is 2.32. The quantitative estimate of drug-likeness (QED) is 0.553. The number of methoxy groups -OCH3 is 1. The van der Waals surface area contributed by atoms with E-state index in [-0.39, 0.29) is 18.0 Å². The van der Waals surface area contributed by atoms with E-state index in [2.05, 4.69) is 15.4 Å². The fourth-order valence-electron chi connectivity index (χ4n) is 2.96. The van der Waals surface area contributed by atoms with Gasteiger partial charge < -0.3 is 14.5 Å². The zero-order valence-corrected chi connectivity index (χ0v) is 16.0. The number of benzene rings is 1. The first-order chi connectivity index (χ1) is 13.6. The van der Waals surface area contributed by atoms with E-state index in [9.17, 15) is 4.79 Å². The first kappa shape index (κ1) is 18.1. The molecule has 0 saturated heterocycles. The molecule has 4 rings (SSSR count). The number of hydrogen-bond donors (Lipinski definition) is 1. The van der Waals surface area contributed by atoms with Crippen molar-refractivity contribution in [1.29, 1.82) is 0 Å². The second-order valence-electron chi connectivity index (χ2n) is 6.15. The summed E-state index contributed by atoms with van der Waals surface area (Å²) < 4.78 is 12.2. The molecule has 0 aliphatic carbocycles. The van der Waals surface area contributed by atoms with Gasteiger partial charge in [0.15, 0.2) is 5.65 Å². The van der Waals surface area contributed by atoms with Crippen LogP contribution in [-0.2, 0) is 6.54 Å². The average molecular weight is 397 g/mol. The number of hydrogen-bond acceptors (Lipinski definition) is 5. The van der Waals surface area contributed by atoms with Crippen LogP contribution in [0.25, 0.3) is 16.7 Å². The summed E-state index contributed by atoms with van der Waals surface area (Å²) in [5, 5.41) is 8.28. The van der Waals surface area contributed by atoms with Gasteiger partial charge in [0.25, 0.3) is 5.91 Å². The van der Waals surface area contributed by atoms with Gasteiger partial charge in [-0.15, -0.1) is 0 Å². The van der Waals surface area contributed by atoms with E-state index in [1.54, 1.807) is 30.2 Å². The number of rotatable bonds is 5. The molecule has 0 saturated carbocycles. The summed E-state index contributed by atoms with van der Waals surface area (Å²) in [4.78, 5) is 17.0. The van der Waals surface area contributed by atoms with Crippen LogP contribution in [0.5, 0.6) is 5.75 Å². The normalized spacial score (nSPS) is 11.0. The number of halogens is 1. The molecule has 0 spiro atoms. The number of aryl methyl sites for hydroxylation is 1. The van der Waals surface area contributed by atoms with Crippen LogP contribution in [0.1, 0.15) is 21.8 Å². The molecule has 0 unspecified atom stereocenters. The molecular weight excluding hydrogens is 380 g/mol. The summed E-state index contributed by atoms with van der Waals surface area (Å²) >= 11 is 6.56. The van der Waals surface area contributed by atoms with E-state index >= 15 is 0 Å². The first-order valence-electron chi connectivity index (χ1n) is 8.57. The lowest BCUT2D eigenvalue weighted by Gasteiger charge is -2.08. The Kier molecular flexibility index (Phi) is 4.75. The van der Waals surface area contributed by atoms with Crippen LogP contribution < -0.4 is 10.1 Å². The number of carbonyl (C=O) groups is 1. The van der Waals surface area contributed by atoms with Crippen molar-refractivity contribution in [2.75, 3.05) is 7.11 Å². The van der Waals surface area contributed by atoms with Crippen molar-refractivity contribution < 1.29 is 13.9 Å². The molecule has 142 valence electrons. The number of ether oxygens (including phenoxy) is 1. The summed E-state index contributed by atoms with van der Waals surface area (Å²) in [6, 6.07) is 11.0. The number of nitrogens with zero attached hydrogens (tertiary/aromatic N) is 3. The lowest BCUT2D eigenvalue weighted by molar-refractivity contribution is 0.0948. The molecule has 3 aromatic heterocycles. The molecule has 0 bridgehead atoms. The standard InChI is InChI=1S/C20H17ClN4O3/c1-12-17-18(21)16(20(26)23-10-15-7-4-8-28-15)11-22-19(17)25(24-12)13-5-3-6-14(9-13)27-2/h3-9,11H,10H2,1-2H3,(H,23,26). The van der Waals surface area contributed by atoms with Crippen LogP contribution in [0.3, 0.4) is 0 Å². The molecule has 1 aromatic carbocycles. The minimum absolute atomic E-state index is 0.266. The predicted octanol–water partition coefficient (Wildman–Crippen LogP) is 3.91. The van der Waals surface area contributed by atoms with Crippen LogP contribution >= 0.6 is 11.6 Å². The van der Waals surface area contributed by atoms with Gasteiger partial charge in [0.05, 0.1) is 47.3 Å². The third-order valence-electron chi connectivity index (χ3n) is 4.35. The zero-order valence-electron chi connectivity index (χ0n) is 15.3. The van der Waals surface area contributed by atoms with Gasteiger partial charge in [-0.2, -0.15) is 5.10 Å². The van der Waals surface area contributed by atoms with Gasteiger partial charge in [0, 0.05) is 12.3 Å². The van der Waals surface area contributed by atoms with Gasteiger partial charge in [-0.3, -0.25) is 4.79 Å². The lowest BCUT2D eigenvalue weighted by atomic mass is 10.2. The van der Waals surface area contributed by atoms with Crippen molar-refractivity contribution in [3.8, 4) is 11.4 Å². The maximum atomic E-state index is 12.6. The molecule has 0 radical (unpaired) electrons. The van der Waals surface area contributed by atoms with Gasteiger partial charge in [-0.25, -0.2) is 9.67 Å². The lowest BCUT2D eigenvalue weighted by Crippen LogP contribution is -2.23. The van der Waals surface area contributed by atoms with Crippen molar-refractivity contribution in [3.63, 3.8) is 0 Å². The van der Waals surface area contributed by atoms with E-state index in [4.69, 9.17) is 20.8 Å². The van der Waals surface area contributed by atoms with Crippen LogP contribution in [0.4, 0.5) is 0 Å². The van der Waals surface area contributed by atoms with Crippen LogP contribution in [0.15, 0.2) is 53.3 Å². The minimum atomic E-state index is -0.329. The van der Waals surface area contributed by atoms with Crippen LogP contribution in [0.2, 0.25) is 5.02 Å². The summed E-state index contributed by atoms with van der Waals surface area (Å²) in [6.07, 6.45) is 3.01. The Morgan fingerprint density at radius 2 is 2.18 bits per heavy atom. The van der Waals surface area contributed by atoms with Gasteiger partial charge in [-0.1, -0.05) is 17.7 Å². The highest BCUT2D eigenvalue weighted by Crippen LogP contribution is 2.30. The van der Waals surface area contributed by atoms with Crippen molar-refractivity contribution in [3.05, 3.63) is 70.9 Å². The van der Waals surface area contributed by atoms with Crippen molar-refractivity contribution in [2.45, 2.75) is 13.5 Å². The highest BCUT2D eigenvalue weighted by Gasteiger charge is 2.20. The summed E-state index contributed by atoms with van der Waals surface area (Å²) in [7, 11) is 1.61. The molecule has 0 aliphatic heterocycles. The molecule has 28 heavy (non-hydrogen) atoms. The molecule has 0 fully saturated rings. The monoisotopic (exact) mass is 396 g/mol. The first-order valence-corrected chi connectivity index (χ1v) is 8.95. The zero-order chi connectivity index (χ0) is 19.7. The molecule has 0 aliphatic rings.